The fraction of sp³-hybridized carbons (Fsp3) is 0.800. The number of aliphatic hydroxyl groups excluding tert-OH is 2. The fourth-order valence-corrected chi connectivity index (χ4v) is 1.42. The second-order valence-electron chi connectivity index (χ2n) is 5.80. The van der Waals surface area contributed by atoms with E-state index >= 15 is 0 Å². The van der Waals surface area contributed by atoms with E-state index in [0.29, 0.717) is 13.2 Å². The Morgan fingerprint density at radius 2 is 1.31 bits per heavy atom. The standard InChI is InChI=1S/C9H20O4.C6H8O7/c1-7(11)5-12-9(3)6-13-8(2)4-10;7-3(8)1-6(13,5(11)12)2-4(9)10/h7-11H,4-6H2,1-3H3;13H,1-2H2,(H,7,8)(H,9,10)(H,11,12). The zero-order valence-corrected chi connectivity index (χ0v) is 15.0. The maximum atomic E-state index is 10.3. The van der Waals surface area contributed by atoms with Gasteiger partial charge in [-0.3, -0.25) is 9.59 Å². The predicted molar refractivity (Wildman–Crippen MR) is 86.7 cm³/mol. The van der Waals surface area contributed by atoms with E-state index in [1.54, 1.807) is 13.8 Å². The third-order valence-electron chi connectivity index (χ3n) is 2.78. The van der Waals surface area contributed by atoms with E-state index in [-0.39, 0.29) is 18.8 Å². The van der Waals surface area contributed by atoms with Gasteiger partial charge in [-0.25, -0.2) is 4.79 Å². The Labute approximate surface area is 150 Å². The third-order valence-corrected chi connectivity index (χ3v) is 2.78. The molecule has 0 aliphatic rings. The lowest BCUT2D eigenvalue weighted by molar-refractivity contribution is -0.170. The molecule has 0 aliphatic heterocycles. The van der Waals surface area contributed by atoms with Gasteiger partial charge in [0.05, 0.1) is 51.0 Å². The minimum absolute atomic E-state index is 0.0170. The Hall–Kier alpha value is -1.79. The minimum atomic E-state index is -2.74. The van der Waals surface area contributed by atoms with Crippen molar-refractivity contribution in [2.24, 2.45) is 0 Å². The lowest BCUT2D eigenvalue weighted by atomic mass is 9.96. The molecule has 0 amide bonds. The smallest absolute Gasteiger partial charge is 0.336 e. The van der Waals surface area contributed by atoms with Gasteiger partial charge in [-0.05, 0) is 20.8 Å². The average molecular weight is 384 g/mol. The lowest BCUT2D eigenvalue weighted by Crippen LogP contribution is -2.42. The number of aliphatic hydroxyl groups is 3. The molecule has 3 unspecified atom stereocenters. The molecule has 0 aromatic heterocycles. The first kappa shape index (κ1) is 26.4. The molecule has 0 bridgehead atoms. The molecule has 0 aromatic carbocycles. The van der Waals surface area contributed by atoms with E-state index in [2.05, 4.69) is 0 Å². The summed E-state index contributed by atoms with van der Waals surface area (Å²) >= 11 is 0. The van der Waals surface area contributed by atoms with E-state index in [4.69, 9.17) is 40.1 Å². The molecular formula is C15H28O11. The van der Waals surface area contributed by atoms with Gasteiger partial charge in [-0.1, -0.05) is 0 Å². The van der Waals surface area contributed by atoms with Crippen molar-refractivity contribution in [1.82, 2.24) is 0 Å². The summed E-state index contributed by atoms with van der Waals surface area (Å²) in [6, 6.07) is 0. The number of carbonyl (C=O) groups is 3. The van der Waals surface area contributed by atoms with Gasteiger partial charge in [-0.2, -0.15) is 0 Å². The van der Waals surface area contributed by atoms with Gasteiger partial charge in [0.15, 0.2) is 5.60 Å². The normalized spacial score (nSPS) is 14.5. The first-order valence-electron chi connectivity index (χ1n) is 7.75. The highest BCUT2D eigenvalue weighted by Gasteiger charge is 2.40. The second kappa shape index (κ2) is 13.4. The van der Waals surface area contributed by atoms with E-state index in [1.165, 1.54) is 0 Å². The molecule has 26 heavy (non-hydrogen) atoms. The molecule has 0 saturated heterocycles. The fourth-order valence-electron chi connectivity index (χ4n) is 1.42. The van der Waals surface area contributed by atoms with E-state index in [1.807, 2.05) is 6.92 Å². The summed E-state index contributed by atoms with van der Waals surface area (Å²) in [5, 5.41) is 51.4. The first-order valence-corrected chi connectivity index (χ1v) is 7.75. The number of carboxylic acids is 3. The number of aliphatic carboxylic acids is 3. The number of hydrogen-bond donors (Lipinski definition) is 6. The van der Waals surface area contributed by atoms with Gasteiger partial charge in [0.1, 0.15) is 0 Å². The predicted octanol–water partition coefficient (Wildman–Crippen LogP) is -1.08. The highest BCUT2D eigenvalue weighted by molar-refractivity contribution is 5.88. The van der Waals surface area contributed by atoms with Crippen LogP contribution in [0.15, 0.2) is 0 Å². The Kier molecular flexibility index (Phi) is 13.6. The molecule has 0 aromatic rings. The molecule has 154 valence electrons. The zero-order chi connectivity index (χ0) is 20.9. The van der Waals surface area contributed by atoms with Gasteiger partial charge in [0.2, 0.25) is 0 Å². The molecule has 0 rings (SSSR count). The van der Waals surface area contributed by atoms with E-state index < -0.39 is 42.5 Å². The molecule has 0 aliphatic carbocycles. The average Bonchev–Trinajstić information content (AvgIpc) is 2.49. The van der Waals surface area contributed by atoms with Crippen molar-refractivity contribution in [3.05, 3.63) is 0 Å². The highest BCUT2D eigenvalue weighted by atomic mass is 16.5. The van der Waals surface area contributed by atoms with Crippen LogP contribution in [0.3, 0.4) is 0 Å². The molecule has 0 spiro atoms. The van der Waals surface area contributed by atoms with Crippen LogP contribution in [0.1, 0.15) is 33.6 Å². The van der Waals surface area contributed by atoms with Crippen LogP contribution < -0.4 is 0 Å². The van der Waals surface area contributed by atoms with Crippen LogP contribution in [0.5, 0.6) is 0 Å². The molecule has 0 fully saturated rings. The van der Waals surface area contributed by atoms with Crippen molar-refractivity contribution in [2.75, 3.05) is 19.8 Å². The maximum Gasteiger partial charge on any atom is 0.336 e. The Morgan fingerprint density at radius 1 is 0.885 bits per heavy atom. The van der Waals surface area contributed by atoms with Crippen LogP contribution in [-0.4, -0.2) is 92.3 Å². The molecule has 11 nitrogen and oxygen atoms in total. The molecule has 0 heterocycles. The quantitative estimate of drug-likeness (QED) is 0.240. The summed E-state index contributed by atoms with van der Waals surface area (Å²) in [6.45, 7) is 6.10. The number of carboxylic acid groups (broad SMARTS) is 3. The highest BCUT2D eigenvalue weighted by Crippen LogP contribution is 2.15. The van der Waals surface area contributed by atoms with Crippen molar-refractivity contribution >= 4 is 17.9 Å². The maximum absolute atomic E-state index is 10.3. The Morgan fingerprint density at radius 3 is 1.62 bits per heavy atom. The monoisotopic (exact) mass is 384 g/mol. The summed E-state index contributed by atoms with van der Waals surface area (Å²) in [5.74, 6) is -5.02. The summed E-state index contributed by atoms with van der Waals surface area (Å²) in [5.41, 5.74) is -2.74. The largest absolute Gasteiger partial charge is 0.481 e. The SMILES string of the molecule is CC(O)COC(C)COC(C)CO.O=C(O)CC(O)(CC(=O)O)C(=O)O. The van der Waals surface area contributed by atoms with Crippen molar-refractivity contribution < 1.29 is 54.5 Å². The molecule has 6 N–H and O–H groups in total. The van der Waals surface area contributed by atoms with Gasteiger partial charge < -0.3 is 40.1 Å². The molecule has 0 radical (unpaired) electrons. The van der Waals surface area contributed by atoms with Crippen LogP contribution in [-0.2, 0) is 23.9 Å². The first-order chi connectivity index (χ1) is 11.8. The number of ether oxygens (including phenoxy) is 2. The number of hydrogen-bond acceptors (Lipinski definition) is 8. The van der Waals surface area contributed by atoms with Gasteiger partial charge in [-0.15, -0.1) is 0 Å². The molecule has 11 heteroatoms. The van der Waals surface area contributed by atoms with E-state index in [9.17, 15) is 14.4 Å². The van der Waals surface area contributed by atoms with Gasteiger partial charge in [0, 0.05) is 0 Å². The molecule has 3 atom stereocenters. The lowest BCUT2D eigenvalue weighted by Gasteiger charge is -2.18. The number of rotatable bonds is 12. The summed E-state index contributed by atoms with van der Waals surface area (Å²) in [6.07, 6.45) is -2.94. The van der Waals surface area contributed by atoms with Gasteiger partial charge >= 0.3 is 17.9 Å². The Bertz CT molecular complexity index is 419. The van der Waals surface area contributed by atoms with Crippen molar-refractivity contribution in [1.29, 1.82) is 0 Å². The second-order valence-corrected chi connectivity index (χ2v) is 5.80. The summed E-state index contributed by atoms with van der Waals surface area (Å²) < 4.78 is 10.5. The zero-order valence-electron chi connectivity index (χ0n) is 15.0. The Balaban J connectivity index is 0. The van der Waals surface area contributed by atoms with Crippen LogP contribution in [0.4, 0.5) is 0 Å². The topological polar surface area (TPSA) is 191 Å². The van der Waals surface area contributed by atoms with Crippen LogP contribution in [0.25, 0.3) is 0 Å². The molecule has 0 saturated carbocycles. The van der Waals surface area contributed by atoms with Crippen LogP contribution in [0, 0.1) is 0 Å². The summed E-state index contributed by atoms with van der Waals surface area (Å²) in [7, 11) is 0. The molecular weight excluding hydrogens is 356 g/mol. The van der Waals surface area contributed by atoms with Crippen molar-refractivity contribution in [3.8, 4) is 0 Å². The minimum Gasteiger partial charge on any atom is -0.481 e. The van der Waals surface area contributed by atoms with Crippen molar-refractivity contribution in [2.45, 2.75) is 57.5 Å². The van der Waals surface area contributed by atoms with Crippen LogP contribution in [0.2, 0.25) is 0 Å². The van der Waals surface area contributed by atoms with E-state index in [0.717, 1.165) is 0 Å². The van der Waals surface area contributed by atoms with Gasteiger partial charge in [0.25, 0.3) is 0 Å². The van der Waals surface area contributed by atoms with Crippen LogP contribution >= 0.6 is 0 Å². The third kappa shape index (κ3) is 14.5. The van der Waals surface area contributed by atoms with Crippen molar-refractivity contribution in [3.63, 3.8) is 0 Å². The summed E-state index contributed by atoms with van der Waals surface area (Å²) in [4.78, 5) is 30.5.